The van der Waals surface area contributed by atoms with Crippen LogP contribution in [0.3, 0.4) is 0 Å². The van der Waals surface area contributed by atoms with E-state index in [0.717, 1.165) is 18.5 Å². The molecule has 21 heavy (non-hydrogen) atoms. The van der Waals surface area contributed by atoms with Crippen LogP contribution in [0.15, 0.2) is 35.7 Å². The molecule has 112 valence electrons. The summed E-state index contributed by atoms with van der Waals surface area (Å²) in [5.41, 5.74) is 8.11. The standard InChI is InChI=1S/C16H21N3OS/c1-3-5-13(15-6-4-9-21-15)19-14-10-11(16(20)18-2)7-8-12(14)17/h4,6-10,13,19H,3,5,17H2,1-2H3,(H,18,20). The third-order valence-electron chi connectivity index (χ3n) is 3.34. The molecule has 1 aromatic carbocycles. The van der Waals surface area contributed by atoms with Crippen molar-refractivity contribution in [1.82, 2.24) is 5.32 Å². The van der Waals surface area contributed by atoms with E-state index in [1.54, 1.807) is 30.5 Å². The SMILES string of the molecule is CCCC(Nc1cc(C(=O)NC)ccc1N)c1cccs1. The molecular weight excluding hydrogens is 282 g/mol. The summed E-state index contributed by atoms with van der Waals surface area (Å²) in [6, 6.07) is 9.71. The highest BCUT2D eigenvalue weighted by atomic mass is 32.1. The molecule has 1 atom stereocenters. The van der Waals surface area contributed by atoms with E-state index in [0.29, 0.717) is 11.3 Å². The molecule has 0 aliphatic rings. The topological polar surface area (TPSA) is 67.2 Å². The second-order valence-corrected chi connectivity index (χ2v) is 5.86. The first-order valence-corrected chi connectivity index (χ1v) is 7.95. The van der Waals surface area contributed by atoms with Crippen LogP contribution in [0.1, 0.15) is 41.0 Å². The molecule has 4 N–H and O–H groups in total. The minimum Gasteiger partial charge on any atom is -0.397 e. The molecule has 0 saturated carbocycles. The van der Waals surface area contributed by atoms with Crippen molar-refractivity contribution in [1.29, 1.82) is 0 Å². The van der Waals surface area contributed by atoms with E-state index in [4.69, 9.17) is 5.73 Å². The third kappa shape index (κ3) is 3.76. The van der Waals surface area contributed by atoms with Gasteiger partial charge in [-0.1, -0.05) is 19.4 Å². The summed E-state index contributed by atoms with van der Waals surface area (Å²) >= 11 is 1.73. The van der Waals surface area contributed by atoms with Crippen molar-refractivity contribution in [3.8, 4) is 0 Å². The lowest BCUT2D eigenvalue weighted by Gasteiger charge is -2.20. The van der Waals surface area contributed by atoms with Gasteiger partial charge in [0.25, 0.3) is 5.91 Å². The van der Waals surface area contributed by atoms with Crippen LogP contribution in [-0.2, 0) is 0 Å². The fourth-order valence-electron chi connectivity index (χ4n) is 2.22. The maximum atomic E-state index is 11.7. The molecule has 0 spiro atoms. The molecule has 0 bridgehead atoms. The van der Waals surface area contributed by atoms with Crippen LogP contribution in [0.4, 0.5) is 11.4 Å². The number of amides is 1. The molecule has 1 heterocycles. The number of hydrogen-bond acceptors (Lipinski definition) is 4. The van der Waals surface area contributed by atoms with Gasteiger partial charge in [0, 0.05) is 17.5 Å². The maximum absolute atomic E-state index is 11.7. The van der Waals surface area contributed by atoms with Gasteiger partial charge in [0.1, 0.15) is 0 Å². The Labute approximate surface area is 129 Å². The molecule has 1 aromatic heterocycles. The molecule has 1 amide bonds. The van der Waals surface area contributed by atoms with Gasteiger partial charge in [-0.25, -0.2) is 0 Å². The molecule has 5 heteroatoms. The van der Waals surface area contributed by atoms with E-state index in [1.807, 2.05) is 6.07 Å². The second kappa shape index (κ2) is 7.13. The number of nitrogens with one attached hydrogen (secondary N) is 2. The largest absolute Gasteiger partial charge is 0.397 e. The number of nitrogen functional groups attached to an aromatic ring is 1. The maximum Gasteiger partial charge on any atom is 0.251 e. The number of carbonyl (C=O) groups excluding carboxylic acids is 1. The fraction of sp³-hybridized carbons (Fsp3) is 0.312. The molecule has 0 radical (unpaired) electrons. The van der Waals surface area contributed by atoms with E-state index in [-0.39, 0.29) is 11.9 Å². The van der Waals surface area contributed by atoms with Crippen molar-refractivity contribution in [2.24, 2.45) is 0 Å². The fourth-order valence-corrected chi connectivity index (χ4v) is 3.03. The Morgan fingerprint density at radius 2 is 2.19 bits per heavy atom. The summed E-state index contributed by atoms with van der Waals surface area (Å²) in [7, 11) is 1.62. The van der Waals surface area contributed by atoms with Crippen molar-refractivity contribution in [3.05, 3.63) is 46.2 Å². The number of thiophene rings is 1. The number of carbonyl (C=O) groups is 1. The summed E-state index contributed by atoms with van der Waals surface area (Å²) < 4.78 is 0. The Hall–Kier alpha value is -2.01. The van der Waals surface area contributed by atoms with Crippen molar-refractivity contribution in [2.45, 2.75) is 25.8 Å². The van der Waals surface area contributed by atoms with Crippen LogP contribution < -0.4 is 16.4 Å². The first-order valence-electron chi connectivity index (χ1n) is 7.07. The smallest absolute Gasteiger partial charge is 0.251 e. The molecule has 0 saturated heterocycles. The zero-order chi connectivity index (χ0) is 15.2. The zero-order valence-electron chi connectivity index (χ0n) is 12.3. The molecule has 4 nitrogen and oxygen atoms in total. The Morgan fingerprint density at radius 1 is 1.38 bits per heavy atom. The molecule has 0 aliphatic heterocycles. The summed E-state index contributed by atoms with van der Waals surface area (Å²) in [6.07, 6.45) is 2.09. The molecular formula is C16H21N3OS. The zero-order valence-corrected chi connectivity index (χ0v) is 13.2. The predicted molar refractivity (Wildman–Crippen MR) is 89.8 cm³/mol. The molecule has 2 aromatic rings. The lowest BCUT2D eigenvalue weighted by atomic mass is 10.1. The number of rotatable bonds is 6. The van der Waals surface area contributed by atoms with Crippen LogP contribution in [0, 0.1) is 0 Å². The monoisotopic (exact) mass is 303 g/mol. The van der Waals surface area contributed by atoms with Gasteiger partial charge in [0.2, 0.25) is 0 Å². The van der Waals surface area contributed by atoms with E-state index < -0.39 is 0 Å². The molecule has 2 rings (SSSR count). The minimum absolute atomic E-state index is 0.110. The third-order valence-corrected chi connectivity index (χ3v) is 4.32. The summed E-state index contributed by atoms with van der Waals surface area (Å²) in [5.74, 6) is -0.110. The average Bonchev–Trinajstić information content (AvgIpc) is 3.02. The molecule has 0 fully saturated rings. The highest BCUT2D eigenvalue weighted by Gasteiger charge is 2.14. The van der Waals surface area contributed by atoms with Gasteiger partial charge in [-0.3, -0.25) is 4.79 Å². The normalized spacial score (nSPS) is 11.9. The number of anilines is 2. The van der Waals surface area contributed by atoms with Crippen LogP contribution >= 0.6 is 11.3 Å². The van der Waals surface area contributed by atoms with Crippen LogP contribution in [0.2, 0.25) is 0 Å². The first kappa shape index (κ1) is 15.4. The lowest BCUT2D eigenvalue weighted by molar-refractivity contribution is 0.0963. The van der Waals surface area contributed by atoms with Gasteiger partial charge < -0.3 is 16.4 Å². The van der Waals surface area contributed by atoms with Gasteiger partial charge >= 0.3 is 0 Å². The van der Waals surface area contributed by atoms with Crippen molar-refractivity contribution < 1.29 is 4.79 Å². The minimum atomic E-state index is -0.110. The Bertz CT molecular complexity index is 596. The Kier molecular flexibility index (Phi) is 5.22. The quantitative estimate of drug-likeness (QED) is 0.714. The molecule has 1 unspecified atom stereocenters. The van der Waals surface area contributed by atoms with Crippen LogP contribution in [-0.4, -0.2) is 13.0 Å². The average molecular weight is 303 g/mol. The van der Waals surface area contributed by atoms with Crippen molar-refractivity contribution >= 4 is 28.6 Å². The first-order chi connectivity index (χ1) is 10.2. The molecule has 0 aliphatic carbocycles. The van der Waals surface area contributed by atoms with E-state index in [2.05, 4.69) is 35.1 Å². The number of hydrogen-bond donors (Lipinski definition) is 3. The predicted octanol–water partition coefficient (Wildman–Crippen LogP) is 3.64. The van der Waals surface area contributed by atoms with Gasteiger partial charge in [0.15, 0.2) is 0 Å². The van der Waals surface area contributed by atoms with Gasteiger partial charge in [-0.15, -0.1) is 11.3 Å². The van der Waals surface area contributed by atoms with Crippen molar-refractivity contribution in [3.63, 3.8) is 0 Å². The highest BCUT2D eigenvalue weighted by Crippen LogP contribution is 2.30. The van der Waals surface area contributed by atoms with Crippen LogP contribution in [0.25, 0.3) is 0 Å². The number of benzene rings is 1. The summed E-state index contributed by atoms with van der Waals surface area (Å²) in [5, 5.41) is 8.18. The highest BCUT2D eigenvalue weighted by molar-refractivity contribution is 7.10. The van der Waals surface area contributed by atoms with Crippen molar-refractivity contribution in [2.75, 3.05) is 18.1 Å². The Morgan fingerprint density at radius 3 is 2.81 bits per heavy atom. The number of nitrogens with two attached hydrogens (primary N) is 1. The van der Waals surface area contributed by atoms with E-state index in [1.165, 1.54) is 4.88 Å². The summed E-state index contributed by atoms with van der Waals surface area (Å²) in [4.78, 5) is 13.0. The summed E-state index contributed by atoms with van der Waals surface area (Å²) in [6.45, 7) is 2.16. The Balaban J connectivity index is 2.25. The lowest BCUT2D eigenvalue weighted by Crippen LogP contribution is -2.18. The van der Waals surface area contributed by atoms with Gasteiger partial charge in [0.05, 0.1) is 17.4 Å². The van der Waals surface area contributed by atoms with Gasteiger partial charge in [-0.05, 0) is 36.1 Å². The van der Waals surface area contributed by atoms with E-state index in [9.17, 15) is 4.79 Å². The van der Waals surface area contributed by atoms with E-state index >= 15 is 0 Å². The van der Waals surface area contributed by atoms with Gasteiger partial charge in [-0.2, -0.15) is 0 Å². The second-order valence-electron chi connectivity index (χ2n) is 4.88. The van der Waals surface area contributed by atoms with Crippen LogP contribution in [0.5, 0.6) is 0 Å².